The van der Waals surface area contributed by atoms with Crippen LogP contribution in [-0.2, 0) is 4.74 Å². The molecule has 0 radical (unpaired) electrons. The number of ether oxygens (including phenoxy) is 1. The minimum atomic E-state index is 0.626. The van der Waals surface area contributed by atoms with Gasteiger partial charge in [-0.1, -0.05) is 20.8 Å². The molecule has 1 rings (SSSR count). The van der Waals surface area contributed by atoms with E-state index in [0.29, 0.717) is 12.0 Å². The summed E-state index contributed by atoms with van der Waals surface area (Å²) in [6.45, 7) is 15.7. The average Bonchev–Trinajstić information content (AvgIpc) is 2.50. The van der Waals surface area contributed by atoms with Crippen LogP contribution in [-0.4, -0.2) is 75.4 Å². The van der Waals surface area contributed by atoms with Crippen LogP contribution in [0.1, 0.15) is 33.6 Å². The predicted octanol–water partition coefficient (Wildman–Crippen LogP) is 1.66. The van der Waals surface area contributed by atoms with Crippen molar-refractivity contribution in [2.45, 2.75) is 39.7 Å². The highest BCUT2D eigenvalue weighted by Gasteiger charge is 2.25. The summed E-state index contributed by atoms with van der Waals surface area (Å²) in [6, 6.07) is 0.626. The van der Waals surface area contributed by atoms with Crippen LogP contribution in [0.2, 0.25) is 0 Å². The maximum atomic E-state index is 5.66. The third kappa shape index (κ3) is 6.08. The summed E-state index contributed by atoms with van der Waals surface area (Å²) >= 11 is 0. The Labute approximate surface area is 125 Å². The lowest BCUT2D eigenvalue weighted by Crippen LogP contribution is -2.47. The quantitative estimate of drug-likeness (QED) is 0.661. The fourth-order valence-electron chi connectivity index (χ4n) is 3.12. The molecule has 1 aliphatic rings. The average molecular weight is 285 g/mol. The standard InChI is InChI=1S/C16H35N3O/c1-5-18(6-2)10-8-11-19(7-3)13-15-14-20-12-9-16(15)17-4/h15-17H,5-14H2,1-4H3. The van der Waals surface area contributed by atoms with Crippen molar-refractivity contribution in [2.75, 3.05) is 59.5 Å². The molecule has 1 aliphatic heterocycles. The van der Waals surface area contributed by atoms with Gasteiger partial charge in [-0.05, 0) is 52.6 Å². The number of rotatable bonds is 10. The molecule has 0 aromatic rings. The topological polar surface area (TPSA) is 27.7 Å². The normalized spacial score (nSPS) is 23.7. The SMILES string of the molecule is CCN(CC)CCCN(CC)CC1COCCC1NC. The van der Waals surface area contributed by atoms with Crippen molar-refractivity contribution in [1.29, 1.82) is 0 Å². The molecule has 0 aromatic heterocycles. The van der Waals surface area contributed by atoms with E-state index in [2.05, 4.69) is 42.9 Å². The van der Waals surface area contributed by atoms with E-state index in [9.17, 15) is 0 Å². The van der Waals surface area contributed by atoms with Crippen LogP contribution in [0, 0.1) is 5.92 Å². The molecule has 1 N–H and O–H groups in total. The fourth-order valence-corrected chi connectivity index (χ4v) is 3.12. The van der Waals surface area contributed by atoms with Gasteiger partial charge in [0.1, 0.15) is 0 Å². The monoisotopic (exact) mass is 285 g/mol. The van der Waals surface area contributed by atoms with Crippen LogP contribution in [0.15, 0.2) is 0 Å². The van der Waals surface area contributed by atoms with E-state index < -0.39 is 0 Å². The van der Waals surface area contributed by atoms with Gasteiger partial charge in [-0.3, -0.25) is 0 Å². The van der Waals surface area contributed by atoms with Gasteiger partial charge in [-0.15, -0.1) is 0 Å². The number of hydrogen-bond donors (Lipinski definition) is 1. The molecule has 1 heterocycles. The van der Waals surface area contributed by atoms with Crippen LogP contribution in [0.5, 0.6) is 0 Å². The lowest BCUT2D eigenvalue weighted by Gasteiger charge is -2.35. The zero-order valence-corrected chi connectivity index (χ0v) is 14.0. The van der Waals surface area contributed by atoms with E-state index in [0.717, 1.165) is 26.2 Å². The van der Waals surface area contributed by atoms with E-state index in [4.69, 9.17) is 4.74 Å². The second-order valence-electron chi connectivity index (χ2n) is 5.79. The van der Waals surface area contributed by atoms with E-state index in [-0.39, 0.29) is 0 Å². The lowest BCUT2D eigenvalue weighted by molar-refractivity contribution is 0.0186. The lowest BCUT2D eigenvalue weighted by atomic mass is 9.95. The first-order chi connectivity index (χ1) is 9.74. The largest absolute Gasteiger partial charge is 0.381 e. The first-order valence-corrected chi connectivity index (χ1v) is 8.44. The smallest absolute Gasteiger partial charge is 0.0521 e. The molecule has 2 atom stereocenters. The summed E-state index contributed by atoms with van der Waals surface area (Å²) < 4.78 is 5.66. The van der Waals surface area contributed by atoms with Crippen LogP contribution in [0.25, 0.3) is 0 Å². The maximum absolute atomic E-state index is 5.66. The fraction of sp³-hybridized carbons (Fsp3) is 1.00. The zero-order chi connectivity index (χ0) is 14.8. The molecule has 1 saturated heterocycles. The minimum absolute atomic E-state index is 0.626. The van der Waals surface area contributed by atoms with E-state index >= 15 is 0 Å². The van der Waals surface area contributed by atoms with E-state index in [1.54, 1.807) is 0 Å². The van der Waals surface area contributed by atoms with Crippen LogP contribution in [0.4, 0.5) is 0 Å². The van der Waals surface area contributed by atoms with Gasteiger partial charge in [0.15, 0.2) is 0 Å². The summed E-state index contributed by atoms with van der Waals surface area (Å²) in [5, 5.41) is 3.46. The van der Waals surface area contributed by atoms with Gasteiger partial charge in [0, 0.05) is 25.1 Å². The third-order valence-electron chi connectivity index (χ3n) is 4.63. The summed E-state index contributed by atoms with van der Waals surface area (Å²) in [4.78, 5) is 5.10. The zero-order valence-electron chi connectivity index (χ0n) is 14.0. The predicted molar refractivity (Wildman–Crippen MR) is 86.3 cm³/mol. The first-order valence-electron chi connectivity index (χ1n) is 8.44. The summed E-state index contributed by atoms with van der Waals surface area (Å²) in [5.74, 6) is 0.641. The Morgan fingerprint density at radius 2 is 1.70 bits per heavy atom. The Morgan fingerprint density at radius 1 is 1.05 bits per heavy atom. The molecule has 0 spiro atoms. The molecule has 0 bridgehead atoms. The van der Waals surface area contributed by atoms with Crippen LogP contribution < -0.4 is 5.32 Å². The van der Waals surface area contributed by atoms with Gasteiger partial charge in [0.2, 0.25) is 0 Å². The molecule has 0 amide bonds. The Balaban J connectivity index is 2.30. The molecule has 20 heavy (non-hydrogen) atoms. The van der Waals surface area contributed by atoms with Crippen LogP contribution in [0.3, 0.4) is 0 Å². The highest BCUT2D eigenvalue weighted by atomic mass is 16.5. The van der Waals surface area contributed by atoms with Gasteiger partial charge in [-0.25, -0.2) is 0 Å². The van der Waals surface area contributed by atoms with Crippen molar-refractivity contribution >= 4 is 0 Å². The molecule has 2 unspecified atom stereocenters. The Hall–Kier alpha value is -0.160. The molecular formula is C16H35N3O. The van der Waals surface area contributed by atoms with Crippen molar-refractivity contribution in [2.24, 2.45) is 5.92 Å². The maximum Gasteiger partial charge on any atom is 0.0521 e. The van der Waals surface area contributed by atoms with Crippen LogP contribution >= 0.6 is 0 Å². The molecule has 4 heteroatoms. The molecular weight excluding hydrogens is 250 g/mol. The molecule has 1 fully saturated rings. The summed E-state index contributed by atoms with van der Waals surface area (Å²) in [6.07, 6.45) is 2.42. The molecule has 4 nitrogen and oxygen atoms in total. The van der Waals surface area contributed by atoms with Gasteiger partial charge in [0.25, 0.3) is 0 Å². The second kappa shape index (κ2) is 10.6. The van der Waals surface area contributed by atoms with Gasteiger partial charge in [0.05, 0.1) is 6.61 Å². The molecule has 0 aliphatic carbocycles. The van der Waals surface area contributed by atoms with Gasteiger partial charge in [-0.2, -0.15) is 0 Å². The highest BCUT2D eigenvalue weighted by molar-refractivity contribution is 4.81. The Kier molecular flexibility index (Phi) is 9.44. The number of nitrogens with zero attached hydrogens (tertiary/aromatic N) is 2. The molecule has 0 aromatic carbocycles. The van der Waals surface area contributed by atoms with Crippen molar-refractivity contribution in [3.05, 3.63) is 0 Å². The van der Waals surface area contributed by atoms with Gasteiger partial charge < -0.3 is 19.9 Å². The second-order valence-corrected chi connectivity index (χ2v) is 5.79. The molecule has 0 saturated carbocycles. The van der Waals surface area contributed by atoms with Crippen molar-refractivity contribution in [3.8, 4) is 0 Å². The van der Waals surface area contributed by atoms with Gasteiger partial charge >= 0.3 is 0 Å². The summed E-state index contributed by atoms with van der Waals surface area (Å²) in [5.41, 5.74) is 0. The Bertz CT molecular complexity index is 234. The van der Waals surface area contributed by atoms with E-state index in [1.807, 2.05) is 0 Å². The van der Waals surface area contributed by atoms with Crippen molar-refractivity contribution in [3.63, 3.8) is 0 Å². The summed E-state index contributed by atoms with van der Waals surface area (Å²) in [7, 11) is 2.08. The minimum Gasteiger partial charge on any atom is -0.381 e. The molecule has 120 valence electrons. The third-order valence-corrected chi connectivity index (χ3v) is 4.63. The highest BCUT2D eigenvalue weighted by Crippen LogP contribution is 2.16. The number of nitrogens with one attached hydrogen (secondary N) is 1. The van der Waals surface area contributed by atoms with Crippen molar-refractivity contribution in [1.82, 2.24) is 15.1 Å². The van der Waals surface area contributed by atoms with E-state index in [1.165, 1.54) is 39.1 Å². The van der Waals surface area contributed by atoms with Crippen molar-refractivity contribution < 1.29 is 4.74 Å². The first kappa shape index (κ1) is 17.9. The number of hydrogen-bond acceptors (Lipinski definition) is 4. The Morgan fingerprint density at radius 3 is 2.30 bits per heavy atom.